The van der Waals surface area contributed by atoms with Gasteiger partial charge in [0.15, 0.2) is 0 Å². The van der Waals surface area contributed by atoms with Crippen molar-refractivity contribution in [2.24, 2.45) is 5.73 Å². The first-order valence-corrected chi connectivity index (χ1v) is 26.0. The molecule has 0 aliphatic rings. The van der Waals surface area contributed by atoms with Crippen molar-refractivity contribution in [2.45, 2.75) is 212 Å². The van der Waals surface area contributed by atoms with E-state index in [4.69, 9.17) is 29.4 Å². The fraction of sp³-hybridized carbons (Fsp3) is 0.725. The van der Waals surface area contributed by atoms with Crippen molar-refractivity contribution < 1.29 is 42.7 Å². The number of carboxylic acids is 1. The molecule has 0 saturated heterocycles. The van der Waals surface area contributed by atoms with Gasteiger partial charge in [-0.3, -0.25) is 18.6 Å². The van der Waals surface area contributed by atoms with Crippen LogP contribution in [-0.2, 0) is 32.7 Å². The maximum atomic E-state index is 12.7. The standard InChI is InChI=1S/C51H90NO9P/c1-3-5-7-9-11-13-15-17-19-21-23-24-25-26-28-30-32-34-36-38-40-42-44-58-45-48(46-59-62(56,57)60-47-49(52)51(54)55)61-50(53)43-41-39-37-35-33-31-29-27-22-20-18-16-14-12-10-8-6-4-2/h5,7,11,13,17,19-20,22-24,26,28,48-49H,3-4,6,8-10,12,14-16,18,21,25,27,29-47,52H2,1-2H3,(H,54,55)(H,56,57)/b7-5-,13-11-,19-17-,22-20-,24-23-,28-26-. The Labute approximate surface area is 378 Å². The molecule has 11 heteroatoms. The molecule has 0 aliphatic heterocycles. The molecule has 62 heavy (non-hydrogen) atoms. The van der Waals surface area contributed by atoms with Crippen molar-refractivity contribution in [1.82, 2.24) is 0 Å². The van der Waals surface area contributed by atoms with E-state index in [1.807, 2.05) is 0 Å². The first-order valence-electron chi connectivity index (χ1n) is 24.5. The number of hydrogen-bond acceptors (Lipinski definition) is 8. The summed E-state index contributed by atoms with van der Waals surface area (Å²) in [4.78, 5) is 33.7. The molecule has 0 spiro atoms. The molecular formula is C51H90NO9P. The normalized spacial score (nSPS) is 14.4. The number of phosphoric acid groups is 1. The SMILES string of the molecule is CC/C=C\C/C=C\C/C=C\C/C=C\C/C=C\CCCCCCCCOCC(COP(=O)(O)OCC(N)C(=O)O)OC(=O)CCCCCCCCC/C=C\CCCCCCCCC. The summed E-state index contributed by atoms with van der Waals surface area (Å²) in [6.07, 6.45) is 58.1. The van der Waals surface area contributed by atoms with E-state index in [2.05, 4.69) is 86.8 Å². The Morgan fingerprint density at radius 2 is 0.935 bits per heavy atom. The number of aliphatic carboxylic acids is 1. The zero-order valence-corrected chi connectivity index (χ0v) is 40.1. The third kappa shape index (κ3) is 45.4. The molecule has 0 aromatic rings. The molecule has 10 nitrogen and oxygen atoms in total. The Hall–Kier alpha value is -2.59. The molecule has 0 amide bonds. The predicted molar refractivity (Wildman–Crippen MR) is 258 cm³/mol. The second-order valence-corrected chi connectivity index (χ2v) is 17.7. The number of rotatable bonds is 46. The van der Waals surface area contributed by atoms with Gasteiger partial charge in [-0.1, -0.05) is 183 Å². The fourth-order valence-corrected chi connectivity index (χ4v) is 7.23. The highest BCUT2D eigenvalue weighted by Crippen LogP contribution is 2.43. The third-order valence-electron chi connectivity index (χ3n) is 10.2. The number of nitrogens with two attached hydrogens (primary N) is 1. The molecule has 0 radical (unpaired) electrons. The summed E-state index contributed by atoms with van der Waals surface area (Å²) in [6, 6.07) is -1.48. The third-order valence-corrected chi connectivity index (χ3v) is 11.2. The molecule has 0 bridgehead atoms. The van der Waals surface area contributed by atoms with E-state index in [1.54, 1.807) is 0 Å². The summed E-state index contributed by atoms with van der Waals surface area (Å²) < 4.78 is 33.5. The number of phosphoric ester groups is 1. The van der Waals surface area contributed by atoms with Gasteiger partial charge in [0.1, 0.15) is 12.1 Å². The lowest BCUT2D eigenvalue weighted by Crippen LogP contribution is -2.34. The van der Waals surface area contributed by atoms with Gasteiger partial charge >= 0.3 is 19.8 Å². The molecule has 0 saturated carbocycles. The number of carbonyl (C=O) groups excluding carboxylic acids is 1. The second-order valence-electron chi connectivity index (χ2n) is 16.2. The van der Waals surface area contributed by atoms with Crippen LogP contribution in [0.15, 0.2) is 72.9 Å². The van der Waals surface area contributed by atoms with Gasteiger partial charge in [0.05, 0.1) is 19.8 Å². The van der Waals surface area contributed by atoms with E-state index in [-0.39, 0.29) is 13.0 Å². The lowest BCUT2D eigenvalue weighted by Gasteiger charge is -2.20. The van der Waals surface area contributed by atoms with Gasteiger partial charge in [-0.25, -0.2) is 4.57 Å². The maximum Gasteiger partial charge on any atom is 0.472 e. The Balaban J connectivity index is 4.22. The van der Waals surface area contributed by atoms with E-state index < -0.39 is 45.1 Å². The van der Waals surface area contributed by atoms with Crippen LogP contribution in [0.5, 0.6) is 0 Å². The molecule has 0 aromatic carbocycles. The summed E-state index contributed by atoms with van der Waals surface area (Å²) in [7, 11) is -4.63. The van der Waals surface area contributed by atoms with Crippen LogP contribution in [0.25, 0.3) is 0 Å². The zero-order valence-electron chi connectivity index (χ0n) is 39.2. The van der Waals surface area contributed by atoms with Gasteiger partial charge in [-0.05, 0) is 83.5 Å². The smallest absolute Gasteiger partial charge is 0.472 e. The van der Waals surface area contributed by atoms with Crippen LogP contribution in [-0.4, -0.2) is 60.5 Å². The van der Waals surface area contributed by atoms with Gasteiger partial charge in [0.25, 0.3) is 0 Å². The molecule has 358 valence electrons. The Morgan fingerprint density at radius 3 is 1.42 bits per heavy atom. The number of carboxylic acid groups (broad SMARTS) is 1. The minimum atomic E-state index is -4.63. The van der Waals surface area contributed by atoms with E-state index >= 15 is 0 Å². The predicted octanol–water partition coefficient (Wildman–Crippen LogP) is 14.2. The van der Waals surface area contributed by atoms with Gasteiger partial charge in [-0.2, -0.15) is 0 Å². The first kappa shape index (κ1) is 59.4. The van der Waals surface area contributed by atoms with Crippen molar-refractivity contribution in [3.63, 3.8) is 0 Å². The molecule has 0 fully saturated rings. The van der Waals surface area contributed by atoms with Gasteiger partial charge in [-0.15, -0.1) is 0 Å². The Bertz CT molecular complexity index is 1260. The van der Waals surface area contributed by atoms with Crippen LogP contribution < -0.4 is 5.73 Å². The summed E-state index contributed by atoms with van der Waals surface area (Å²) in [5.74, 6) is -1.79. The Morgan fingerprint density at radius 1 is 0.532 bits per heavy atom. The lowest BCUT2D eigenvalue weighted by atomic mass is 10.1. The molecule has 0 aliphatic carbocycles. The summed E-state index contributed by atoms with van der Waals surface area (Å²) in [5.41, 5.74) is 5.37. The molecule has 0 rings (SSSR count). The summed E-state index contributed by atoms with van der Waals surface area (Å²) >= 11 is 0. The largest absolute Gasteiger partial charge is 0.480 e. The van der Waals surface area contributed by atoms with E-state index in [0.29, 0.717) is 13.0 Å². The van der Waals surface area contributed by atoms with Crippen LogP contribution in [0.3, 0.4) is 0 Å². The maximum absolute atomic E-state index is 12.7. The van der Waals surface area contributed by atoms with Gasteiger partial charge < -0.3 is 25.2 Å². The highest BCUT2D eigenvalue weighted by atomic mass is 31.2. The molecular weight excluding hydrogens is 802 g/mol. The number of unbranched alkanes of at least 4 members (excludes halogenated alkanes) is 20. The average molecular weight is 892 g/mol. The van der Waals surface area contributed by atoms with Crippen molar-refractivity contribution in [1.29, 1.82) is 0 Å². The molecule has 3 unspecified atom stereocenters. The zero-order chi connectivity index (χ0) is 45.5. The second kappa shape index (κ2) is 46.4. The van der Waals surface area contributed by atoms with Crippen LogP contribution in [0.1, 0.15) is 200 Å². The van der Waals surface area contributed by atoms with Crippen molar-refractivity contribution in [2.75, 3.05) is 26.4 Å². The number of carbonyl (C=O) groups is 2. The van der Waals surface area contributed by atoms with Crippen LogP contribution in [0.2, 0.25) is 0 Å². The highest BCUT2D eigenvalue weighted by molar-refractivity contribution is 7.47. The number of allylic oxidation sites excluding steroid dienone is 12. The first-order chi connectivity index (χ1) is 30.2. The summed E-state index contributed by atoms with van der Waals surface area (Å²) in [5, 5.41) is 8.92. The van der Waals surface area contributed by atoms with Gasteiger partial charge in [0, 0.05) is 13.0 Å². The van der Waals surface area contributed by atoms with E-state index in [0.717, 1.165) is 89.9 Å². The number of hydrogen-bond donors (Lipinski definition) is 3. The molecule has 0 aromatic heterocycles. The quantitative estimate of drug-likeness (QED) is 0.0233. The van der Waals surface area contributed by atoms with Crippen LogP contribution in [0, 0.1) is 0 Å². The topological polar surface area (TPSA) is 155 Å². The minimum Gasteiger partial charge on any atom is -0.480 e. The van der Waals surface area contributed by atoms with Crippen molar-refractivity contribution in [3.8, 4) is 0 Å². The monoisotopic (exact) mass is 892 g/mol. The minimum absolute atomic E-state index is 0.00193. The summed E-state index contributed by atoms with van der Waals surface area (Å²) in [6.45, 7) is 3.73. The molecule has 3 atom stereocenters. The number of ether oxygens (including phenoxy) is 2. The fourth-order valence-electron chi connectivity index (χ4n) is 6.45. The average Bonchev–Trinajstić information content (AvgIpc) is 3.25. The number of esters is 1. The molecule has 4 N–H and O–H groups in total. The van der Waals surface area contributed by atoms with E-state index in [1.165, 1.54) is 83.5 Å². The Kier molecular flexibility index (Phi) is 44.5. The van der Waals surface area contributed by atoms with Gasteiger partial charge in [0.2, 0.25) is 0 Å². The van der Waals surface area contributed by atoms with E-state index in [9.17, 15) is 19.0 Å². The van der Waals surface area contributed by atoms with Crippen molar-refractivity contribution >= 4 is 19.8 Å². The van der Waals surface area contributed by atoms with Crippen molar-refractivity contribution in [3.05, 3.63) is 72.9 Å². The van der Waals surface area contributed by atoms with Crippen LogP contribution >= 0.6 is 7.82 Å². The lowest BCUT2D eigenvalue weighted by molar-refractivity contribution is -0.154. The highest BCUT2D eigenvalue weighted by Gasteiger charge is 2.27. The van der Waals surface area contributed by atoms with Crippen LogP contribution in [0.4, 0.5) is 0 Å². The molecule has 0 heterocycles.